The Hall–Kier alpha value is -0.360. The van der Waals surface area contributed by atoms with Gasteiger partial charge in [-0.2, -0.15) is 0 Å². The average Bonchev–Trinajstić information content (AvgIpc) is 2.42. The SMILES string of the molecule is OC[C@@H](O)[C@H](O)CO[C@H]1O[C@H](CO)[C@@H](O)[C@H](O)[C@H]1O. The van der Waals surface area contributed by atoms with Crippen LogP contribution in [0.3, 0.4) is 0 Å². The molecule has 7 N–H and O–H groups in total. The lowest BCUT2D eigenvalue weighted by Gasteiger charge is -2.39. The van der Waals surface area contributed by atoms with Gasteiger partial charge >= 0.3 is 0 Å². The van der Waals surface area contributed by atoms with Gasteiger partial charge in [0.2, 0.25) is 0 Å². The van der Waals surface area contributed by atoms with Crippen LogP contribution in [-0.2, 0) is 9.47 Å². The van der Waals surface area contributed by atoms with Crippen molar-refractivity contribution in [3.05, 3.63) is 0 Å². The van der Waals surface area contributed by atoms with E-state index in [0.29, 0.717) is 0 Å². The second-order valence-corrected chi connectivity index (χ2v) is 4.35. The van der Waals surface area contributed by atoms with E-state index >= 15 is 0 Å². The van der Waals surface area contributed by atoms with Gasteiger partial charge in [0.05, 0.1) is 19.8 Å². The van der Waals surface area contributed by atoms with Gasteiger partial charge in [0.25, 0.3) is 0 Å². The summed E-state index contributed by atoms with van der Waals surface area (Å²) in [5, 5.41) is 64.5. The lowest BCUT2D eigenvalue weighted by molar-refractivity contribution is -0.306. The highest BCUT2D eigenvalue weighted by Gasteiger charge is 2.44. The third-order valence-electron chi connectivity index (χ3n) is 2.91. The van der Waals surface area contributed by atoms with Crippen molar-refractivity contribution in [1.29, 1.82) is 0 Å². The molecule has 0 bridgehead atoms. The van der Waals surface area contributed by atoms with Crippen LogP contribution in [0.4, 0.5) is 0 Å². The molecule has 1 rings (SSSR count). The van der Waals surface area contributed by atoms with Gasteiger partial charge in [0.15, 0.2) is 6.29 Å². The summed E-state index contributed by atoms with van der Waals surface area (Å²) in [6.07, 6.45) is -9.94. The molecule has 0 radical (unpaired) electrons. The Balaban J connectivity index is 2.52. The van der Waals surface area contributed by atoms with Crippen molar-refractivity contribution in [1.82, 2.24) is 0 Å². The summed E-state index contributed by atoms with van der Waals surface area (Å²) in [4.78, 5) is 0. The van der Waals surface area contributed by atoms with Crippen molar-refractivity contribution in [3.63, 3.8) is 0 Å². The van der Waals surface area contributed by atoms with Gasteiger partial charge in [-0.25, -0.2) is 0 Å². The molecule has 1 aliphatic rings. The zero-order valence-electron chi connectivity index (χ0n) is 10.1. The predicted molar refractivity (Wildman–Crippen MR) is 58.8 cm³/mol. The molecule has 114 valence electrons. The Morgan fingerprint density at radius 3 is 2.11 bits per heavy atom. The summed E-state index contributed by atoms with van der Waals surface area (Å²) in [6.45, 7) is -1.73. The summed E-state index contributed by atoms with van der Waals surface area (Å²) in [7, 11) is 0. The van der Waals surface area contributed by atoms with Gasteiger partial charge in [-0.15, -0.1) is 0 Å². The smallest absolute Gasteiger partial charge is 0.186 e. The first kappa shape index (κ1) is 16.7. The topological polar surface area (TPSA) is 160 Å². The van der Waals surface area contributed by atoms with E-state index in [1.165, 1.54) is 0 Å². The number of hydrogen-bond acceptors (Lipinski definition) is 9. The van der Waals surface area contributed by atoms with Crippen molar-refractivity contribution < 1.29 is 45.2 Å². The Kier molecular flexibility index (Phi) is 6.53. The monoisotopic (exact) mass is 284 g/mol. The lowest BCUT2D eigenvalue weighted by atomic mass is 9.99. The molecule has 0 spiro atoms. The Bertz CT molecular complexity index is 261. The highest BCUT2D eigenvalue weighted by Crippen LogP contribution is 2.22. The zero-order valence-corrected chi connectivity index (χ0v) is 10.1. The largest absolute Gasteiger partial charge is 0.394 e. The van der Waals surface area contributed by atoms with E-state index in [1.54, 1.807) is 0 Å². The quantitative estimate of drug-likeness (QED) is 0.255. The molecule has 0 aromatic heterocycles. The first-order chi connectivity index (χ1) is 8.92. The van der Waals surface area contributed by atoms with Crippen LogP contribution < -0.4 is 0 Å². The normalized spacial score (nSPS) is 39.0. The fraction of sp³-hybridized carbons (Fsp3) is 1.00. The predicted octanol–water partition coefficient (Wildman–Crippen LogP) is -4.48. The van der Waals surface area contributed by atoms with Crippen LogP contribution in [0, 0.1) is 0 Å². The molecule has 7 atom stereocenters. The second kappa shape index (κ2) is 7.43. The standard InChI is InChI=1S/C10H20O9/c11-1-4(13)5(14)3-18-10-9(17)8(16)7(15)6(2-12)19-10/h4-17H,1-3H2/t4-,5-,6-,7-,8+,9-,10+/m1/s1. The van der Waals surface area contributed by atoms with E-state index in [4.69, 9.17) is 24.8 Å². The van der Waals surface area contributed by atoms with Crippen LogP contribution in [0.25, 0.3) is 0 Å². The molecule has 9 nitrogen and oxygen atoms in total. The third kappa shape index (κ3) is 4.05. The van der Waals surface area contributed by atoms with Crippen LogP contribution in [0.15, 0.2) is 0 Å². The summed E-state index contributed by atoms with van der Waals surface area (Å²) in [6, 6.07) is 0. The molecule has 1 fully saturated rings. The number of rotatable bonds is 6. The Morgan fingerprint density at radius 1 is 0.947 bits per heavy atom. The molecule has 9 heteroatoms. The Labute approximate surface area is 109 Å². The molecule has 0 aromatic rings. The van der Waals surface area contributed by atoms with Crippen molar-refractivity contribution in [2.75, 3.05) is 19.8 Å². The van der Waals surface area contributed by atoms with E-state index in [-0.39, 0.29) is 0 Å². The van der Waals surface area contributed by atoms with Crippen LogP contribution in [0.2, 0.25) is 0 Å². The van der Waals surface area contributed by atoms with E-state index in [9.17, 15) is 20.4 Å². The van der Waals surface area contributed by atoms with Crippen LogP contribution in [0.1, 0.15) is 0 Å². The molecule has 0 aromatic carbocycles. The molecule has 0 amide bonds. The van der Waals surface area contributed by atoms with E-state index in [1.807, 2.05) is 0 Å². The third-order valence-corrected chi connectivity index (χ3v) is 2.91. The maximum absolute atomic E-state index is 9.59. The van der Waals surface area contributed by atoms with Crippen LogP contribution in [-0.4, -0.2) is 98.5 Å². The Morgan fingerprint density at radius 2 is 1.58 bits per heavy atom. The van der Waals surface area contributed by atoms with Crippen molar-refractivity contribution >= 4 is 0 Å². The van der Waals surface area contributed by atoms with Gasteiger partial charge in [-0.1, -0.05) is 0 Å². The molecular formula is C10H20O9. The number of aliphatic hydroxyl groups is 7. The average molecular weight is 284 g/mol. The molecule has 1 saturated heterocycles. The maximum Gasteiger partial charge on any atom is 0.186 e. The van der Waals surface area contributed by atoms with Gasteiger partial charge in [-0.05, 0) is 0 Å². The molecule has 0 saturated carbocycles. The first-order valence-electron chi connectivity index (χ1n) is 5.81. The minimum absolute atomic E-state index is 0.468. The van der Waals surface area contributed by atoms with Crippen LogP contribution >= 0.6 is 0 Å². The van der Waals surface area contributed by atoms with Gasteiger partial charge in [-0.3, -0.25) is 0 Å². The highest BCUT2D eigenvalue weighted by molar-refractivity contribution is 4.89. The zero-order chi connectivity index (χ0) is 14.6. The summed E-state index contributed by atoms with van der Waals surface area (Å²) in [5.74, 6) is 0. The molecule has 1 aliphatic heterocycles. The number of hydrogen-bond donors (Lipinski definition) is 7. The molecule has 19 heavy (non-hydrogen) atoms. The molecule has 1 heterocycles. The number of ether oxygens (including phenoxy) is 2. The highest BCUT2D eigenvalue weighted by atomic mass is 16.7. The van der Waals surface area contributed by atoms with Gasteiger partial charge in [0.1, 0.15) is 36.6 Å². The fourth-order valence-corrected chi connectivity index (χ4v) is 1.63. The summed E-state index contributed by atoms with van der Waals surface area (Å²) >= 11 is 0. The van der Waals surface area contributed by atoms with Gasteiger partial charge < -0.3 is 45.2 Å². The lowest BCUT2D eigenvalue weighted by Crippen LogP contribution is -2.59. The minimum Gasteiger partial charge on any atom is -0.394 e. The van der Waals surface area contributed by atoms with Crippen molar-refractivity contribution in [3.8, 4) is 0 Å². The van der Waals surface area contributed by atoms with E-state index in [2.05, 4.69) is 0 Å². The van der Waals surface area contributed by atoms with Crippen molar-refractivity contribution in [2.45, 2.75) is 42.9 Å². The first-order valence-corrected chi connectivity index (χ1v) is 5.81. The van der Waals surface area contributed by atoms with E-state index < -0.39 is 62.7 Å². The molecule has 0 unspecified atom stereocenters. The van der Waals surface area contributed by atoms with Gasteiger partial charge in [0, 0.05) is 0 Å². The molecular weight excluding hydrogens is 264 g/mol. The fourth-order valence-electron chi connectivity index (χ4n) is 1.63. The van der Waals surface area contributed by atoms with Crippen LogP contribution in [0.5, 0.6) is 0 Å². The summed E-state index contributed by atoms with van der Waals surface area (Å²) in [5.41, 5.74) is 0. The molecule has 0 aliphatic carbocycles. The summed E-state index contributed by atoms with van der Waals surface area (Å²) < 4.78 is 9.96. The number of aliphatic hydroxyl groups excluding tert-OH is 7. The van der Waals surface area contributed by atoms with Crippen molar-refractivity contribution in [2.24, 2.45) is 0 Å². The second-order valence-electron chi connectivity index (χ2n) is 4.35. The van der Waals surface area contributed by atoms with E-state index in [0.717, 1.165) is 0 Å². The minimum atomic E-state index is -1.57. The maximum atomic E-state index is 9.59.